The van der Waals surface area contributed by atoms with Crippen molar-refractivity contribution in [3.63, 3.8) is 0 Å². The van der Waals surface area contributed by atoms with Crippen molar-refractivity contribution in [2.45, 2.75) is 45.8 Å². The summed E-state index contributed by atoms with van der Waals surface area (Å²) in [6, 6.07) is 1.99. The molecule has 0 N–H and O–H groups in total. The first-order valence-corrected chi connectivity index (χ1v) is 9.14. The van der Waals surface area contributed by atoms with Crippen LogP contribution in [0.25, 0.3) is 0 Å². The molecule has 0 amide bonds. The minimum absolute atomic E-state index is 0.124. The highest BCUT2D eigenvalue weighted by Gasteiger charge is 2.30. The highest BCUT2D eigenvalue weighted by molar-refractivity contribution is 8.55. The van der Waals surface area contributed by atoms with Crippen LogP contribution in [-0.4, -0.2) is 31.7 Å². The SMILES string of the molecule is CCCSP(=O)(OCC)OC(C#N)CC(C)OC. The zero-order valence-electron chi connectivity index (χ0n) is 11.4. The summed E-state index contributed by atoms with van der Waals surface area (Å²) in [6.45, 7) is 2.63. The molecule has 18 heavy (non-hydrogen) atoms. The highest BCUT2D eigenvalue weighted by Crippen LogP contribution is 2.61. The molecular weight excluding hydrogens is 273 g/mol. The third-order valence-corrected chi connectivity index (χ3v) is 6.15. The molecule has 0 rings (SSSR count). The van der Waals surface area contributed by atoms with E-state index in [1.54, 1.807) is 14.0 Å². The van der Waals surface area contributed by atoms with E-state index in [2.05, 4.69) is 0 Å². The Kier molecular flexibility index (Phi) is 9.80. The van der Waals surface area contributed by atoms with Gasteiger partial charge < -0.3 is 9.26 Å². The normalized spacial score (nSPS) is 17.7. The second-order valence-corrected chi connectivity index (χ2v) is 7.85. The zero-order chi connectivity index (χ0) is 14.0. The third-order valence-electron chi connectivity index (χ3n) is 2.09. The van der Waals surface area contributed by atoms with Crippen LogP contribution in [0.5, 0.6) is 0 Å². The average molecular weight is 295 g/mol. The second kappa shape index (κ2) is 9.82. The molecule has 0 aliphatic heterocycles. The Balaban J connectivity index is 4.53. The lowest BCUT2D eigenvalue weighted by Gasteiger charge is -2.21. The molecule has 0 fully saturated rings. The molecule has 0 aliphatic carbocycles. The van der Waals surface area contributed by atoms with Crippen molar-refractivity contribution in [2.24, 2.45) is 0 Å². The quantitative estimate of drug-likeness (QED) is 0.573. The number of nitriles is 1. The number of hydrogen-bond donors (Lipinski definition) is 0. The molecule has 0 aromatic heterocycles. The van der Waals surface area contributed by atoms with Gasteiger partial charge in [0.2, 0.25) is 0 Å². The maximum Gasteiger partial charge on any atom is 0.390 e. The van der Waals surface area contributed by atoms with Crippen molar-refractivity contribution in [1.82, 2.24) is 0 Å². The van der Waals surface area contributed by atoms with Crippen LogP contribution in [0.3, 0.4) is 0 Å². The maximum atomic E-state index is 12.3. The first-order valence-electron chi connectivity index (χ1n) is 6.01. The van der Waals surface area contributed by atoms with Crippen molar-refractivity contribution >= 4 is 18.2 Å². The van der Waals surface area contributed by atoms with Crippen LogP contribution < -0.4 is 0 Å². The van der Waals surface area contributed by atoms with Crippen LogP contribution >= 0.6 is 18.2 Å². The van der Waals surface area contributed by atoms with Gasteiger partial charge in [-0.25, -0.2) is 4.57 Å². The summed E-state index contributed by atoms with van der Waals surface area (Å²) in [6.07, 6.45) is 0.343. The van der Waals surface area contributed by atoms with E-state index in [0.29, 0.717) is 18.8 Å². The molecule has 3 unspecified atom stereocenters. The summed E-state index contributed by atoms with van der Waals surface area (Å²) in [5.74, 6) is 0.676. The molecule has 106 valence electrons. The molecule has 0 radical (unpaired) electrons. The van der Waals surface area contributed by atoms with E-state index in [1.807, 2.05) is 19.9 Å². The van der Waals surface area contributed by atoms with Crippen molar-refractivity contribution in [1.29, 1.82) is 5.26 Å². The van der Waals surface area contributed by atoms with Gasteiger partial charge in [0.25, 0.3) is 0 Å². The average Bonchev–Trinajstić information content (AvgIpc) is 2.35. The Labute approximate surface area is 113 Å². The van der Waals surface area contributed by atoms with Crippen LogP contribution in [0.1, 0.15) is 33.6 Å². The first kappa shape index (κ1) is 17.9. The third kappa shape index (κ3) is 7.40. The van der Waals surface area contributed by atoms with Gasteiger partial charge in [0, 0.05) is 19.3 Å². The van der Waals surface area contributed by atoms with Crippen LogP contribution in [0, 0.1) is 11.3 Å². The fourth-order valence-corrected chi connectivity index (χ4v) is 4.75. The van der Waals surface area contributed by atoms with Gasteiger partial charge in [-0.3, -0.25) is 4.52 Å². The molecular formula is C11H22NO4PS. The van der Waals surface area contributed by atoms with Crippen molar-refractivity contribution in [3.05, 3.63) is 0 Å². The zero-order valence-corrected chi connectivity index (χ0v) is 13.1. The lowest BCUT2D eigenvalue weighted by atomic mass is 10.2. The number of nitrogens with zero attached hydrogens (tertiary/aromatic N) is 1. The summed E-state index contributed by atoms with van der Waals surface area (Å²) < 4.78 is 27.9. The topological polar surface area (TPSA) is 68.5 Å². The molecule has 5 nitrogen and oxygen atoms in total. The summed E-state index contributed by atoms with van der Waals surface area (Å²) in [7, 11) is 1.56. The van der Waals surface area contributed by atoms with Gasteiger partial charge in [-0.2, -0.15) is 5.26 Å². The Bertz CT molecular complexity index is 308. The summed E-state index contributed by atoms with van der Waals surface area (Å²) in [5.41, 5.74) is 0. The first-order chi connectivity index (χ1) is 8.51. The molecule has 0 saturated carbocycles. The van der Waals surface area contributed by atoms with Crippen LogP contribution in [0.4, 0.5) is 0 Å². The van der Waals surface area contributed by atoms with Crippen LogP contribution in [-0.2, 0) is 18.3 Å². The highest BCUT2D eigenvalue weighted by atomic mass is 32.7. The van der Waals surface area contributed by atoms with E-state index in [0.717, 1.165) is 17.8 Å². The number of ether oxygens (including phenoxy) is 1. The van der Waals surface area contributed by atoms with Crippen molar-refractivity contribution in [2.75, 3.05) is 19.5 Å². The fraction of sp³-hybridized carbons (Fsp3) is 0.909. The van der Waals surface area contributed by atoms with Gasteiger partial charge in [-0.15, -0.1) is 0 Å². The minimum atomic E-state index is -3.24. The van der Waals surface area contributed by atoms with E-state index in [9.17, 15) is 4.57 Å². The second-order valence-electron chi connectivity index (χ2n) is 3.70. The van der Waals surface area contributed by atoms with E-state index < -0.39 is 12.9 Å². The van der Waals surface area contributed by atoms with Gasteiger partial charge in [0.05, 0.1) is 18.8 Å². The summed E-state index contributed by atoms with van der Waals surface area (Å²) >= 11 is 1.15. The standard InChI is InChI=1S/C11H22NO4PS/c1-5-7-18-17(13,15-6-2)16-11(9-12)8-10(3)14-4/h10-11H,5-8H2,1-4H3. The minimum Gasteiger partial charge on any atom is -0.382 e. The molecule has 0 heterocycles. The van der Waals surface area contributed by atoms with E-state index in [4.69, 9.17) is 19.0 Å². The smallest absolute Gasteiger partial charge is 0.382 e. The predicted octanol–water partition coefficient (Wildman–Crippen LogP) is 3.61. The number of hydrogen-bond acceptors (Lipinski definition) is 6. The van der Waals surface area contributed by atoms with E-state index in [-0.39, 0.29) is 6.10 Å². The van der Waals surface area contributed by atoms with Crippen LogP contribution in [0.2, 0.25) is 0 Å². The van der Waals surface area contributed by atoms with Crippen molar-refractivity contribution in [3.8, 4) is 6.07 Å². The van der Waals surface area contributed by atoms with Gasteiger partial charge in [0.15, 0.2) is 6.10 Å². The molecule has 0 aliphatic rings. The number of methoxy groups -OCH3 is 1. The molecule has 7 heteroatoms. The van der Waals surface area contributed by atoms with Crippen molar-refractivity contribution < 1.29 is 18.3 Å². The molecule has 3 atom stereocenters. The van der Waals surface area contributed by atoms with Gasteiger partial charge in [-0.1, -0.05) is 6.92 Å². The monoisotopic (exact) mass is 295 g/mol. The van der Waals surface area contributed by atoms with E-state index in [1.165, 1.54) is 0 Å². The lowest BCUT2D eigenvalue weighted by Crippen LogP contribution is -2.18. The molecule has 0 aromatic carbocycles. The summed E-state index contributed by atoms with van der Waals surface area (Å²) in [4.78, 5) is 0. The Morgan fingerprint density at radius 2 is 2.11 bits per heavy atom. The predicted molar refractivity (Wildman–Crippen MR) is 73.6 cm³/mol. The van der Waals surface area contributed by atoms with Crippen LogP contribution in [0.15, 0.2) is 0 Å². The number of rotatable bonds is 10. The molecule has 0 spiro atoms. The largest absolute Gasteiger partial charge is 0.390 e. The molecule has 0 aromatic rings. The van der Waals surface area contributed by atoms with Gasteiger partial charge in [0.1, 0.15) is 0 Å². The Morgan fingerprint density at radius 3 is 2.56 bits per heavy atom. The molecule has 0 bridgehead atoms. The van der Waals surface area contributed by atoms with Gasteiger partial charge >= 0.3 is 6.80 Å². The fourth-order valence-electron chi connectivity index (χ4n) is 1.13. The van der Waals surface area contributed by atoms with E-state index >= 15 is 0 Å². The lowest BCUT2D eigenvalue weighted by molar-refractivity contribution is 0.0773. The van der Waals surface area contributed by atoms with Gasteiger partial charge in [-0.05, 0) is 31.7 Å². The Hall–Kier alpha value is -0.0500. The maximum absolute atomic E-state index is 12.3. The summed E-state index contributed by atoms with van der Waals surface area (Å²) in [5, 5.41) is 9.01. The molecule has 0 saturated heterocycles. The Morgan fingerprint density at radius 1 is 1.44 bits per heavy atom.